The van der Waals surface area contributed by atoms with E-state index in [1.165, 1.54) is 0 Å². The highest BCUT2D eigenvalue weighted by Gasteiger charge is 2.29. The van der Waals surface area contributed by atoms with Gasteiger partial charge in [0.25, 0.3) is 0 Å². The number of fused-ring (bicyclic) bond motifs is 1. The van der Waals surface area contributed by atoms with Gasteiger partial charge in [-0.3, -0.25) is 0 Å². The minimum atomic E-state index is -3.03. The first-order chi connectivity index (χ1) is 7.54. The lowest BCUT2D eigenvalue weighted by atomic mass is 9.92. The monoisotopic (exact) mass is 302 g/mol. The lowest BCUT2D eigenvalue weighted by Crippen LogP contribution is -2.20. The number of sulfone groups is 1. The van der Waals surface area contributed by atoms with Crippen molar-refractivity contribution in [3.63, 3.8) is 0 Å². The predicted molar refractivity (Wildman–Crippen MR) is 69.0 cm³/mol. The van der Waals surface area contributed by atoms with E-state index in [9.17, 15) is 8.42 Å². The maximum atomic E-state index is 11.9. The second-order valence-corrected chi connectivity index (χ2v) is 7.19. The molecule has 0 spiro atoms. The van der Waals surface area contributed by atoms with Crippen LogP contribution in [0.5, 0.6) is 0 Å². The van der Waals surface area contributed by atoms with Crippen LogP contribution in [-0.4, -0.2) is 19.5 Å². The number of hydrogen-bond donors (Lipinski definition) is 0. The van der Waals surface area contributed by atoms with E-state index in [4.69, 9.17) is 0 Å². The Balaban J connectivity index is 2.54. The van der Waals surface area contributed by atoms with Crippen LogP contribution in [0.15, 0.2) is 23.1 Å². The van der Waals surface area contributed by atoms with E-state index < -0.39 is 9.84 Å². The molecule has 1 aromatic carbocycles. The molecule has 0 fully saturated rings. The molecule has 1 atom stereocenters. The molecule has 88 valence electrons. The largest absolute Gasteiger partial charge is 0.224 e. The topological polar surface area (TPSA) is 34.1 Å². The highest BCUT2D eigenvalue weighted by molar-refractivity contribution is 9.09. The summed E-state index contributed by atoms with van der Waals surface area (Å²) in [5, 5.41) is 0.922. The van der Waals surface area contributed by atoms with Gasteiger partial charge < -0.3 is 0 Å². The van der Waals surface area contributed by atoms with Gasteiger partial charge in [0.2, 0.25) is 0 Å². The second-order valence-electron chi connectivity index (χ2n) is 4.32. The van der Waals surface area contributed by atoms with Crippen molar-refractivity contribution in [2.45, 2.75) is 30.6 Å². The summed E-state index contributed by atoms with van der Waals surface area (Å²) >= 11 is 3.43. The minimum Gasteiger partial charge on any atom is -0.224 e. The van der Waals surface area contributed by atoms with Crippen LogP contribution in [0.3, 0.4) is 0 Å². The zero-order valence-electron chi connectivity index (χ0n) is 9.24. The van der Waals surface area contributed by atoms with E-state index in [0.29, 0.717) is 16.6 Å². The number of alkyl halides is 1. The summed E-state index contributed by atoms with van der Waals surface area (Å²) in [5.74, 6) is 0.679. The van der Waals surface area contributed by atoms with Gasteiger partial charge in [-0.15, -0.1) is 0 Å². The lowest BCUT2D eigenvalue weighted by molar-refractivity contribution is 0.559. The minimum absolute atomic E-state index is 0.292. The highest BCUT2D eigenvalue weighted by Crippen LogP contribution is 2.36. The van der Waals surface area contributed by atoms with Gasteiger partial charge in [0.15, 0.2) is 9.84 Å². The molecule has 1 aromatic rings. The maximum Gasteiger partial charge on any atom is 0.178 e. The van der Waals surface area contributed by atoms with Gasteiger partial charge in [-0.2, -0.15) is 0 Å². The number of rotatable bonds is 2. The Hall–Kier alpha value is -0.350. The molecule has 16 heavy (non-hydrogen) atoms. The quantitative estimate of drug-likeness (QED) is 0.787. The molecule has 1 unspecified atom stereocenters. The third kappa shape index (κ3) is 2.18. The van der Waals surface area contributed by atoms with Crippen molar-refractivity contribution < 1.29 is 8.42 Å². The molecule has 4 heteroatoms. The van der Waals surface area contributed by atoms with Gasteiger partial charge in [-0.05, 0) is 37.3 Å². The van der Waals surface area contributed by atoms with Crippen molar-refractivity contribution >= 4 is 25.8 Å². The van der Waals surface area contributed by atoms with Crippen LogP contribution < -0.4 is 0 Å². The van der Waals surface area contributed by atoms with Crippen molar-refractivity contribution in [1.29, 1.82) is 0 Å². The zero-order chi connectivity index (χ0) is 11.8. The van der Waals surface area contributed by atoms with Crippen LogP contribution >= 0.6 is 15.9 Å². The molecular weight excluding hydrogens is 288 g/mol. The van der Waals surface area contributed by atoms with Crippen molar-refractivity contribution in [2.75, 3.05) is 11.1 Å². The molecule has 0 saturated heterocycles. The normalized spacial score (nSPS) is 22.8. The van der Waals surface area contributed by atoms with Gasteiger partial charge >= 0.3 is 0 Å². The summed E-state index contributed by atoms with van der Waals surface area (Å²) in [4.78, 5) is 0.551. The van der Waals surface area contributed by atoms with Crippen LogP contribution in [0.25, 0.3) is 0 Å². The first kappa shape index (κ1) is 12.1. The molecule has 0 aliphatic carbocycles. The first-order valence-electron chi connectivity index (χ1n) is 5.44. The van der Waals surface area contributed by atoms with Gasteiger partial charge in [0, 0.05) is 5.33 Å². The second kappa shape index (κ2) is 4.49. The molecule has 1 heterocycles. The molecule has 1 aliphatic heterocycles. The Morgan fingerprint density at radius 1 is 1.44 bits per heavy atom. The highest BCUT2D eigenvalue weighted by atomic mass is 79.9. The van der Waals surface area contributed by atoms with Gasteiger partial charge in [-0.1, -0.05) is 33.6 Å². The Labute approximate surface area is 105 Å². The van der Waals surface area contributed by atoms with Crippen LogP contribution in [-0.2, 0) is 9.84 Å². The summed E-state index contributed by atoms with van der Waals surface area (Å²) in [6.45, 7) is 2.01. The fraction of sp³-hybridized carbons (Fsp3) is 0.500. The van der Waals surface area contributed by atoms with Crippen LogP contribution in [0, 0.1) is 6.92 Å². The molecule has 0 amide bonds. The molecule has 2 nitrogen and oxygen atoms in total. The summed E-state index contributed by atoms with van der Waals surface area (Å²) < 4.78 is 23.8. The Bertz CT molecular complexity index is 494. The number of aryl methyl sites for hydroxylation is 1. The smallest absolute Gasteiger partial charge is 0.178 e. The van der Waals surface area contributed by atoms with Crippen LogP contribution in [0.2, 0.25) is 0 Å². The molecule has 0 saturated carbocycles. The zero-order valence-corrected chi connectivity index (χ0v) is 11.6. The van der Waals surface area contributed by atoms with E-state index in [1.807, 2.05) is 19.1 Å². The summed E-state index contributed by atoms with van der Waals surface area (Å²) in [7, 11) is -3.03. The molecule has 2 rings (SSSR count). The number of benzene rings is 1. The Morgan fingerprint density at radius 2 is 2.19 bits per heavy atom. The van der Waals surface area contributed by atoms with E-state index in [0.717, 1.165) is 29.3 Å². The van der Waals surface area contributed by atoms with Crippen LogP contribution in [0.4, 0.5) is 0 Å². The van der Waals surface area contributed by atoms with Crippen LogP contribution in [0.1, 0.15) is 29.9 Å². The van der Waals surface area contributed by atoms with Gasteiger partial charge in [0.1, 0.15) is 0 Å². The third-order valence-electron chi connectivity index (χ3n) is 3.13. The predicted octanol–water partition coefficient (Wildman–Crippen LogP) is 3.04. The number of halogens is 1. The van der Waals surface area contributed by atoms with Crippen molar-refractivity contribution in [3.8, 4) is 0 Å². The molecule has 0 aromatic heterocycles. The van der Waals surface area contributed by atoms with E-state index in [1.54, 1.807) is 6.07 Å². The van der Waals surface area contributed by atoms with E-state index >= 15 is 0 Å². The van der Waals surface area contributed by atoms with Crippen molar-refractivity contribution in [1.82, 2.24) is 0 Å². The van der Waals surface area contributed by atoms with Crippen molar-refractivity contribution in [3.05, 3.63) is 29.3 Å². The summed E-state index contributed by atoms with van der Waals surface area (Å²) in [6, 6.07) is 5.67. The first-order valence-corrected chi connectivity index (χ1v) is 8.21. The molecule has 0 radical (unpaired) electrons. The van der Waals surface area contributed by atoms with Gasteiger partial charge in [0.05, 0.1) is 10.6 Å². The average Bonchev–Trinajstić information content (AvgIpc) is 2.22. The molecule has 1 aliphatic rings. The standard InChI is InChI=1S/C12H15BrO2S/c1-9-2-3-12-11(8-9)10(4-6-13)5-7-16(12,14)15/h2-3,8,10H,4-7H2,1H3. The Morgan fingerprint density at radius 3 is 2.88 bits per heavy atom. The maximum absolute atomic E-state index is 11.9. The van der Waals surface area contributed by atoms with Crippen molar-refractivity contribution in [2.24, 2.45) is 0 Å². The fourth-order valence-corrected chi connectivity index (χ4v) is 4.49. The Kier molecular flexibility index (Phi) is 3.40. The van der Waals surface area contributed by atoms with E-state index in [2.05, 4.69) is 15.9 Å². The average molecular weight is 303 g/mol. The molecule has 0 N–H and O–H groups in total. The lowest BCUT2D eigenvalue weighted by Gasteiger charge is -2.25. The fourth-order valence-electron chi connectivity index (χ4n) is 2.26. The third-order valence-corrected chi connectivity index (χ3v) is 5.41. The molecular formula is C12H15BrO2S. The van der Waals surface area contributed by atoms with E-state index in [-0.39, 0.29) is 0 Å². The summed E-state index contributed by atoms with van der Waals surface area (Å²) in [6.07, 6.45) is 1.76. The SMILES string of the molecule is Cc1ccc2c(c1)C(CCBr)CCS2(=O)=O. The van der Waals surface area contributed by atoms with Gasteiger partial charge in [-0.25, -0.2) is 8.42 Å². The summed E-state index contributed by atoms with van der Waals surface area (Å²) in [5.41, 5.74) is 2.15. The molecule has 0 bridgehead atoms. The number of hydrogen-bond acceptors (Lipinski definition) is 2.